The van der Waals surface area contributed by atoms with Crippen molar-refractivity contribution in [1.29, 1.82) is 5.26 Å². The van der Waals surface area contributed by atoms with E-state index < -0.39 is 5.92 Å². The van der Waals surface area contributed by atoms with Gasteiger partial charge in [0.25, 0.3) is 0 Å². The van der Waals surface area contributed by atoms with Crippen molar-refractivity contribution in [1.82, 2.24) is 0 Å². The molecule has 1 heterocycles. The van der Waals surface area contributed by atoms with Gasteiger partial charge in [-0.05, 0) is 12.5 Å². The fourth-order valence-corrected chi connectivity index (χ4v) is 2.85. The minimum Gasteiger partial charge on any atom is -0.293 e. The van der Waals surface area contributed by atoms with E-state index in [2.05, 4.69) is 6.07 Å². The molecule has 2 rings (SSSR count). The van der Waals surface area contributed by atoms with Crippen molar-refractivity contribution in [2.45, 2.75) is 19.8 Å². The van der Waals surface area contributed by atoms with Crippen molar-refractivity contribution in [3.63, 3.8) is 0 Å². The molecule has 17 heavy (non-hydrogen) atoms. The zero-order valence-electron chi connectivity index (χ0n) is 9.64. The highest BCUT2D eigenvalue weighted by atomic mass is 32.1. The van der Waals surface area contributed by atoms with E-state index in [-0.39, 0.29) is 5.78 Å². The molecule has 3 heteroatoms. The Balaban J connectivity index is 2.40. The van der Waals surface area contributed by atoms with E-state index in [1.807, 2.05) is 36.6 Å². The molecule has 0 spiro atoms. The Morgan fingerprint density at radius 1 is 1.47 bits per heavy atom. The standard InChI is InChI=1S/C14H13NOS/c1-2-5-10(8-15)14(16)12-9-17-13-7-4-3-6-11(12)13/h3-4,6-7,9-10H,2,5H2,1H3. The number of thiophene rings is 1. The second kappa shape index (κ2) is 5.11. The van der Waals surface area contributed by atoms with Crippen molar-refractivity contribution in [2.75, 3.05) is 0 Å². The van der Waals surface area contributed by atoms with Gasteiger partial charge >= 0.3 is 0 Å². The molecule has 1 aromatic carbocycles. The predicted octanol–water partition coefficient (Wildman–Crippen LogP) is 4.02. The lowest BCUT2D eigenvalue weighted by molar-refractivity contribution is 0.0945. The molecule has 0 amide bonds. The van der Waals surface area contributed by atoms with Gasteiger partial charge in [-0.3, -0.25) is 4.79 Å². The highest BCUT2D eigenvalue weighted by Crippen LogP contribution is 2.28. The summed E-state index contributed by atoms with van der Waals surface area (Å²) in [5.41, 5.74) is 0.700. The molecule has 0 aliphatic carbocycles. The number of ketones is 1. The molecule has 0 saturated heterocycles. The van der Waals surface area contributed by atoms with Crippen molar-refractivity contribution < 1.29 is 4.79 Å². The lowest BCUT2D eigenvalue weighted by Gasteiger charge is -2.05. The van der Waals surface area contributed by atoms with Crippen LogP contribution in [0.5, 0.6) is 0 Å². The molecule has 1 unspecified atom stereocenters. The van der Waals surface area contributed by atoms with Crippen LogP contribution in [0, 0.1) is 17.2 Å². The van der Waals surface area contributed by atoms with Crippen LogP contribution in [-0.4, -0.2) is 5.78 Å². The van der Waals surface area contributed by atoms with Gasteiger partial charge < -0.3 is 0 Å². The van der Waals surface area contributed by atoms with Gasteiger partial charge in [-0.1, -0.05) is 31.5 Å². The summed E-state index contributed by atoms with van der Waals surface area (Å²) in [5.74, 6) is -0.537. The largest absolute Gasteiger partial charge is 0.293 e. The van der Waals surface area contributed by atoms with Crippen LogP contribution in [0.1, 0.15) is 30.1 Å². The fraction of sp³-hybridized carbons (Fsp3) is 0.286. The molecule has 0 fully saturated rings. The molecule has 0 radical (unpaired) electrons. The van der Waals surface area contributed by atoms with Crippen molar-refractivity contribution in [3.8, 4) is 6.07 Å². The zero-order chi connectivity index (χ0) is 12.3. The Hall–Kier alpha value is -1.66. The molecule has 0 bridgehead atoms. The van der Waals surface area contributed by atoms with Gasteiger partial charge in [0.2, 0.25) is 0 Å². The highest BCUT2D eigenvalue weighted by Gasteiger charge is 2.21. The first-order chi connectivity index (χ1) is 8.27. The molecular weight excluding hydrogens is 230 g/mol. The van der Waals surface area contributed by atoms with Gasteiger partial charge in [-0.2, -0.15) is 5.26 Å². The fourth-order valence-electron chi connectivity index (χ4n) is 1.90. The van der Waals surface area contributed by atoms with E-state index in [4.69, 9.17) is 5.26 Å². The summed E-state index contributed by atoms with van der Waals surface area (Å²) < 4.78 is 1.10. The van der Waals surface area contributed by atoms with Crippen molar-refractivity contribution in [2.24, 2.45) is 5.92 Å². The average Bonchev–Trinajstić information content (AvgIpc) is 2.79. The van der Waals surface area contributed by atoms with Crippen LogP contribution in [0.25, 0.3) is 10.1 Å². The Bertz CT molecular complexity index is 579. The first kappa shape index (κ1) is 11.8. The van der Waals surface area contributed by atoms with Crippen molar-refractivity contribution in [3.05, 3.63) is 35.2 Å². The smallest absolute Gasteiger partial charge is 0.181 e. The maximum Gasteiger partial charge on any atom is 0.181 e. The van der Waals surface area contributed by atoms with Crippen LogP contribution < -0.4 is 0 Å². The first-order valence-electron chi connectivity index (χ1n) is 5.68. The number of nitriles is 1. The third kappa shape index (κ3) is 2.22. The molecule has 0 N–H and O–H groups in total. The summed E-state index contributed by atoms with van der Waals surface area (Å²) in [6.07, 6.45) is 1.49. The highest BCUT2D eigenvalue weighted by molar-refractivity contribution is 7.17. The topological polar surface area (TPSA) is 40.9 Å². The summed E-state index contributed by atoms with van der Waals surface area (Å²) >= 11 is 1.56. The summed E-state index contributed by atoms with van der Waals surface area (Å²) in [6.45, 7) is 1.99. The molecule has 0 aliphatic rings. The van der Waals surface area contributed by atoms with Gasteiger partial charge in [-0.15, -0.1) is 11.3 Å². The quantitative estimate of drug-likeness (QED) is 0.761. The maximum absolute atomic E-state index is 12.2. The van der Waals surface area contributed by atoms with Crippen LogP contribution in [0.2, 0.25) is 0 Å². The summed E-state index contributed by atoms with van der Waals surface area (Å²) in [5, 5.41) is 11.9. The van der Waals surface area contributed by atoms with Crippen LogP contribution in [0.4, 0.5) is 0 Å². The van der Waals surface area contributed by atoms with E-state index in [9.17, 15) is 4.79 Å². The molecule has 0 saturated carbocycles. The van der Waals surface area contributed by atoms with Gasteiger partial charge in [0, 0.05) is 21.0 Å². The minimum atomic E-state index is -0.502. The van der Waals surface area contributed by atoms with E-state index >= 15 is 0 Å². The summed E-state index contributed by atoms with van der Waals surface area (Å²) in [4.78, 5) is 12.2. The molecule has 1 atom stereocenters. The molecular formula is C14H13NOS. The number of nitrogens with zero attached hydrogens (tertiary/aromatic N) is 1. The second-order valence-corrected chi connectivity index (χ2v) is 4.89. The Morgan fingerprint density at radius 2 is 2.24 bits per heavy atom. The number of rotatable bonds is 4. The summed E-state index contributed by atoms with van der Waals surface area (Å²) in [7, 11) is 0. The number of hydrogen-bond donors (Lipinski definition) is 0. The Labute approximate surface area is 104 Å². The van der Waals surface area contributed by atoms with Crippen LogP contribution in [0.3, 0.4) is 0 Å². The van der Waals surface area contributed by atoms with Gasteiger partial charge in [-0.25, -0.2) is 0 Å². The number of Topliss-reactive ketones (excluding diaryl/α,β-unsaturated/α-hetero) is 1. The monoisotopic (exact) mass is 243 g/mol. The van der Waals surface area contributed by atoms with Gasteiger partial charge in [0.05, 0.1) is 6.07 Å². The van der Waals surface area contributed by atoms with E-state index in [1.165, 1.54) is 0 Å². The lowest BCUT2D eigenvalue weighted by Crippen LogP contribution is -2.12. The number of carbonyl (C=O) groups is 1. The lowest BCUT2D eigenvalue weighted by atomic mass is 9.95. The zero-order valence-corrected chi connectivity index (χ0v) is 10.5. The normalized spacial score (nSPS) is 12.2. The predicted molar refractivity (Wildman–Crippen MR) is 70.2 cm³/mol. The van der Waals surface area contributed by atoms with Crippen LogP contribution >= 0.6 is 11.3 Å². The number of carbonyl (C=O) groups excluding carboxylic acids is 1. The van der Waals surface area contributed by atoms with Crippen LogP contribution in [0.15, 0.2) is 29.6 Å². The van der Waals surface area contributed by atoms with Crippen LogP contribution in [-0.2, 0) is 0 Å². The molecule has 2 aromatic rings. The number of benzene rings is 1. The third-order valence-corrected chi connectivity index (χ3v) is 3.76. The van der Waals surface area contributed by atoms with Gasteiger partial charge in [0.15, 0.2) is 5.78 Å². The number of hydrogen-bond acceptors (Lipinski definition) is 3. The Morgan fingerprint density at radius 3 is 2.94 bits per heavy atom. The second-order valence-electron chi connectivity index (χ2n) is 3.98. The molecule has 86 valence electrons. The summed E-state index contributed by atoms with van der Waals surface area (Å²) in [6, 6.07) is 9.94. The SMILES string of the molecule is CCCC(C#N)C(=O)c1csc2ccccc12. The Kier molecular flexibility index (Phi) is 3.55. The minimum absolute atomic E-state index is 0.0354. The molecule has 0 aliphatic heterocycles. The molecule has 1 aromatic heterocycles. The van der Waals surface area contributed by atoms with E-state index in [0.29, 0.717) is 12.0 Å². The first-order valence-corrected chi connectivity index (χ1v) is 6.56. The average molecular weight is 243 g/mol. The van der Waals surface area contributed by atoms with Gasteiger partial charge in [0.1, 0.15) is 5.92 Å². The van der Waals surface area contributed by atoms with Crippen molar-refractivity contribution >= 4 is 27.2 Å². The molecule has 2 nitrogen and oxygen atoms in total. The number of fused-ring (bicyclic) bond motifs is 1. The third-order valence-electron chi connectivity index (χ3n) is 2.80. The maximum atomic E-state index is 12.2. The van der Waals surface area contributed by atoms with E-state index in [0.717, 1.165) is 16.5 Å². The van der Waals surface area contributed by atoms with E-state index in [1.54, 1.807) is 11.3 Å².